The third-order valence-electron chi connectivity index (χ3n) is 7.52. The Kier molecular flexibility index (Phi) is 25.6. The van der Waals surface area contributed by atoms with Crippen LogP contribution in [0.5, 0.6) is 0 Å². The molecule has 1 aliphatic carbocycles. The van der Waals surface area contributed by atoms with Crippen molar-refractivity contribution in [2.45, 2.75) is 96.4 Å². The molecule has 0 amide bonds. The third-order valence-corrected chi connectivity index (χ3v) is 7.77. The number of carbonyl (C=O) groups is 4. The van der Waals surface area contributed by atoms with Crippen molar-refractivity contribution in [2.75, 3.05) is 19.6 Å². The van der Waals surface area contributed by atoms with E-state index in [0.717, 1.165) is 37.7 Å². The number of rotatable bonds is 16. The summed E-state index contributed by atoms with van der Waals surface area (Å²) in [5.41, 5.74) is 22.7. The van der Waals surface area contributed by atoms with Crippen LogP contribution < -0.4 is 22.9 Å². The lowest BCUT2D eigenvalue weighted by Crippen LogP contribution is -2.34. The van der Waals surface area contributed by atoms with E-state index < -0.39 is 23.9 Å². The molecule has 0 aromatic heterocycles. The van der Waals surface area contributed by atoms with Gasteiger partial charge in [-0.2, -0.15) is 0 Å². The van der Waals surface area contributed by atoms with Gasteiger partial charge >= 0.3 is 23.9 Å². The summed E-state index contributed by atoms with van der Waals surface area (Å²) in [4.78, 5) is 41.3. The topological polar surface area (TPSA) is 253 Å². The van der Waals surface area contributed by atoms with Gasteiger partial charge in [0.2, 0.25) is 0 Å². The lowest BCUT2D eigenvalue weighted by Gasteiger charge is -2.34. The average Bonchev–Trinajstić information content (AvgIpc) is 2.99. The first-order chi connectivity index (χ1) is 21.5. The second kappa shape index (κ2) is 26.1. The monoisotopic (exact) mass is 672 g/mol. The van der Waals surface area contributed by atoms with Crippen LogP contribution in [0.3, 0.4) is 0 Å². The van der Waals surface area contributed by atoms with Crippen molar-refractivity contribution in [3.05, 3.63) is 47.5 Å². The number of hydrogen-bond donors (Lipinski definition) is 8. The highest BCUT2D eigenvalue weighted by Gasteiger charge is 2.32. The first-order valence-electron chi connectivity index (χ1n) is 15.7. The summed E-state index contributed by atoms with van der Waals surface area (Å²) in [5.74, 6) is -2.56. The number of hydrogen-bond acceptors (Lipinski definition) is 8. The fourth-order valence-electron chi connectivity index (χ4n) is 4.94. The van der Waals surface area contributed by atoms with Crippen molar-refractivity contribution in [3.63, 3.8) is 0 Å². The molecule has 2 rings (SSSR count). The van der Waals surface area contributed by atoms with Crippen LogP contribution in [0.4, 0.5) is 0 Å². The summed E-state index contributed by atoms with van der Waals surface area (Å²) in [5, 5.41) is 34.6. The molecule has 0 heterocycles. The quantitative estimate of drug-likeness (QED) is 0.111. The zero-order valence-electron chi connectivity index (χ0n) is 27.4. The summed E-state index contributed by atoms with van der Waals surface area (Å²) in [6, 6.07) is 6.91. The van der Waals surface area contributed by atoms with Gasteiger partial charge in [0, 0.05) is 29.8 Å². The number of carboxylic acid groups (broad SMARTS) is 4. The van der Waals surface area contributed by atoms with Crippen LogP contribution in [0.25, 0.3) is 0 Å². The predicted octanol–water partition coefficient (Wildman–Crippen LogP) is 4.67. The Labute approximate surface area is 278 Å². The van der Waals surface area contributed by atoms with Crippen molar-refractivity contribution in [2.24, 2.45) is 40.2 Å². The maximum absolute atomic E-state index is 10.6. The Balaban J connectivity index is 0. The molecule has 46 heavy (non-hydrogen) atoms. The molecule has 1 fully saturated rings. The van der Waals surface area contributed by atoms with Gasteiger partial charge in [0.25, 0.3) is 0 Å². The SMILES string of the molecule is C=C[C@@H](N)CCC(=O)O.CC(C)C[C@H](CN)CC(=O)O.NCC1(CC(=O)O)CCCCC1.NC[C@@H](CC(=O)O)c1ccc(Cl)cc1. The minimum Gasteiger partial charge on any atom is -0.481 e. The summed E-state index contributed by atoms with van der Waals surface area (Å²) >= 11 is 5.72. The van der Waals surface area contributed by atoms with Crippen LogP contribution in [-0.4, -0.2) is 70.0 Å². The highest BCUT2D eigenvalue weighted by molar-refractivity contribution is 6.30. The minimum absolute atomic E-state index is 0.0537. The van der Waals surface area contributed by atoms with E-state index in [2.05, 4.69) is 20.4 Å². The van der Waals surface area contributed by atoms with Crippen LogP contribution >= 0.6 is 11.6 Å². The van der Waals surface area contributed by atoms with Crippen molar-refractivity contribution < 1.29 is 39.6 Å². The average molecular weight is 673 g/mol. The van der Waals surface area contributed by atoms with E-state index in [-0.39, 0.29) is 49.0 Å². The molecule has 0 saturated heterocycles. The van der Waals surface area contributed by atoms with Crippen LogP contribution in [0, 0.1) is 17.3 Å². The Morgan fingerprint density at radius 3 is 1.78 bits per heavy atom. The van der Waals surface area contributed by atoms with Gasteiger partial charge in [0.15, 0.2) is 0 Å². The van der Waals surface area contributed by atoms with Gasteiger partial charge in [0.1, 0.15) is 0 Å². The smallest absolute Gasteiger partial charge is 0.304 e. The molecule has 12 N–H and O–H groups in total. The standard InChI is InChI=1S/C10H12ClNO2.C9H17NO2.C8H17NO2.C6H11NO2/c11-9-3-1-7(2-4-9)8(6-12)5-10(13)14;10-7-9(6-8(11)12)4-2-1-3-5-9;1-6(2)3-7(5-9)4-8(10)11;1-2-5(7)3-4-6(8)9/h1-4,8H,5-6,12H2,(H,13,14);1-7,10H2,(H,11,12);6-7H,3-5,9H2,1-2H3,(H,10,11);2,5H,1,3-4,7H2,(H,8,9)/t8-;;7-;5-/m1.01/s1. The number of nitrogens with two attached hydrogens (primary N) is 4. The molecular formula is C33H57ClN4O8. The molecule has 1 aliphatic rings. The van der Waals surface area contributed by atoms with Crippen LogP contribution in [-0.2, 0) is 19.2 Å². The van der Waals surface area contributed by atoms with Crippen LogP contribution in [0.2, 0.25) is 5.02 Å². The van der Waals surface area contributed by atoms with Crippen molar-refractivity contribution >= 4 is 35.5 Å². The third kappa shape index (κ3) is 24.2. The Morgan fingerprint density at radius 2 is 1.41 bits per heavy atom. The van der Waals surface area contributed by atoms with Gasteiger partial charge < -0.3 is 43.4 Å². The van der Waals surface area contributed by atoms with E-state index in [1.807, 2.05) is 12.1 Å². The molecular weight excluding hydrogens is 616 g/mol. The number of aliphatic carboxylic acids is 4. The van der Waals surface area contributed by atoms with Crippen molar-refractivity contribution in [1.29, 1.82) is 0 Å². The molecule has 0 unspecified atom stereocenters. The summed E-state index contributed by atoms with van der Waals surface area (Å²) in [6.45, 7) is 8.90. The molecule has 3 atom stereocenters. The molecule has 0 spiro atoms. The molecule has 0 radical (unpaired) electrons. The molecule has 1 aromatic carbocycles. The van der Waals surface area contributed by atoms with Crippen LogP contribution in [0.15, 0.2) is 36.9 Å². The normalized spacial score (nSPS) is 15.2. The minimum atomic E-state index is -0.838. The largest absolute Gasteiger partial charge is 0.481 e. The Morgan fingerprint density at radius 1 is 0.870 bits per heavy atom. The first-order valence-corrected chi connectivity index (χ1v) is 16.0. The van der Waals surface area contributed by atoms with Gasteiger partial charge in [-0.1, -0.05) is 62.9 Å². The second-order valence-electron chi connectivity index (χ2n) is 12.1. The van der Waals surface area contributed by atoms with E-state index >= 15 is 0 Å². The lowest BCUT2D eigenvalue weighted by atomic mass is 9.72. The van der Waals surface area contributed by atoms with Gasteiger partial charge in [-0.25, -0.2) is 0 Å². The van der Waals surface area contributed by atoms with Gasteiger partial charge in [0.05, 0.1) is 12.8 Å². The first kappa shape index (κ1) is 45.1. The van der Waals surface area contributed by atoms with E-state index in [0.29, 0.717) is 37.0 Å². The fraction of sp³-hybridized carbons (Fsp3) is 0.636. The molecule has 264 valence electrons. The second-order valence-corrected chi connectivity index (χ2v) is 12.5. The summed E-state index contributed by atoms with van der Waals surface area (Å²) in [7, 11) is 0. The maximum atomic E-state index is 10.6. The van der Waals surface area contributed by atoms with Gasteiger partial charge in [-0.3, -0.25) is 19.2 Å². The zero-order valence-corrected chi connectivity index (χ0v) is 28.2. The Hall–Kier alpha value is -3.03. The van der Waals surface area contributed by atoms with Gasteiger partial charge in [-0.15, -0.1) is 6.58 Å². The number of benzene rings is 1. The van der Waals surface area contributed by atoms with E-state index in [4.69, 9.17) is 55.0 Å². The highest BCUT2D eigenvalue weighted by atomic mass is 35.5. The number of halogens is 1. The van der Waals surface area contributed by atoms with E-state index in [9.17, 15) is 19.2 Å². The highest BCUT2D eigenvalue weighted by Crippen LogP contribution is 2.38. The zero-order chi connectivity index (χ0) is 35.7. The lowest BCUT2D eigenvalue weighted by molar-refractivity contribution is -0.140. The van der Waals surface area contributed by atoms with Crippen molar-refractivity contribution in [3.8, 4) is 0 Å². The van der Waals surface area contributed by atoms with Crippen LogP contribution in [0.1, 0.15) is 96.0 Å². The molecule has 1 saturated carbocycles. The fourth-order valence-corrected chi connectivity index (χ4v) is 5.07. The molecule has 1 aromatic rings. The molecule has 12 nitrogen and oxygen atoms in total. The number of carboxylic acids is 4. The predicted molar refractivity (Wildman–Crippen MR) is 182 cm³/mol. The van der Waals surface area contributed by atoms with E-state index in [1.54, 1.807) is 18.2 Å². The maximum Gasteiger partial charge on any atom is 0.304 e. The molecule has 0 bridgehead atoms. The molecule has 13 heteroatoms. The summed E-state index contributed by atoms with van der Waals surface area (Å²) in [6.07, 6.45) is 9.07. The van der Waals surface area contributed by atoms with Gasteiger partial charge in [-0.05, 0) is 80.3 Å². The van der Waals surface area contributed by atoms with Crippen molar-refractivity contribution in [1.82, 2.24) is 0 Å². The molecule has 0 aliphatic heterocycles. The Bertz CT molecular complexity index is 1020. The van der Waals surface area contributed by atoms with E-state index in [1.165, 1.54) is 6.42 Å². The summed E-state index contributed by atoms with van der Waals surface area (Å²) < 4.78 is 0.